The van der Waals surface area contributed by atoms with Crippen LogP contribution in [0.3, 0.4) is 0 Å². The monoisotopic (exact) mass is 140 g/mol. The lowest BCUT2D eigenvalue weighted by atomic mass is 10.4. The zero-order chi connectivity index (χ0) is 8.15. The van der Waals surface area contributed by atoms with Crippen molar-refractivity contribution in [2.24, 2.45) is 0 Å². The highest BCUT2D eigenvalue weighted by atomic mass is 16.5. The van der Waals surface area contributed by atoms with E-state index in [0.29, 0.717) is 0 Å². The Labute approximate surface area is 59.0 Å². The Morgan fingerprint density at radius 2 is 2.00 bits per heavy atom. The lowest BCUT2D eigenvalue weighted by molar-refractivity contribution is -0.134. The van der Waals surface area contributed by atoms with Crippen LogP contribution < -0.4 is 0 Å². The summed E-state index contributed by atoms with van der Waals surface area (Å²) in [6, 6.07) is 0. The molecule has 0 aliphatic carbocycles. The molecule has 0 saturated heterocycles. The van der Waals surface area contributed by atoms with Crippen LogP contribution in [0.25, 0.3) is 0 Å². The van der Waals surface area contributed by atoms with Crippen LogP contribution >= 0.6 is 0 Å². The highest BCUT2D eigenvalue weighted by Crippen LogP contribution is 1.96. The average molecular weight is 140 g/mol. The van der Waals surface area contributed by atoms with Crippen molar-refractivity contribution in [3.63, 3.8) is 0 Å². The lowest BCUT2D eigenvalue weighted by Crippen LogP contribution is -2.02. The molecule has 0 amide bonds. The minimum absolute atomic E-state index is 0.0759. The second kappa shape index (κ2) is 3.64. The van der Waals surface area contributed by atoms with E-state index in [-0.39, 0.29) is 11.3 Å². The summed E-state index contributed by atoms with van der Waals surface area (Å²) in [5, 5.41) is 0. The second-order valence-electron chi connectivity index (χ2n) is 1.83. The fourth-order valence-corrected chi connectivity index (χ4v) is 0.247. The molecule has 0 rings (SSSR count). The molecule has 0 aromatic rings. The first-order chi connectivity index (χ1) is 4.57. The fraction of sp³-hybridized carbons (Fsp3) is 0.286. The summed E-state index contributed by atoms with van der Waals surface area (Å²) in [6.45, 7) is 6.18. The first-order valence-electron chi connectivity index (χ1n) is 2.67. The Bertz CT molecular complexity index is 209. The largest absolute Gasteiger partial charge is 0.416 e. The molecule has 3 nitrogen and oxygen atoms in total. The number of hydrogen-bond acceptors (Lipinski definition) is 3. The van der Waals surface area contributed by atoms with Crippen LogP contribution in [0.2, 0.25) is 0 Å². The van der Waals surface area contributed by atoms with E-state index in [1.807, 2.05) is 0 Å². The maximum absolute atomic E-state index is 10.6. The van der Waals surface area contributed by atoms with E-state index >= 15 is 0 Å². The lowest BCUT2D eigenvalue weighted by Gasteiger charge is -1.97. The summed E-state index contributed by atoms with van der Waals surface area (Å²) in [5.41, 5.74) is 0.259. The van der Waals surface area contributed by atoms with Crippen LogP contribution in [0.4, 0.5) is 0 Å². The van der Waals surface area contributed by atoms with Gasteiger partial charge in [0.25, 0.3) is 0 Å². The molecule has 3 heteroatoms. The number of esters is 1. The van der Waals surface area contributed by atoms with Gasteiger partial charge in [-0.1, -0.05) is 6.58 Å². The van der Waals surface area contributed by atoms with Crippen molar-refractivity contribution in [1.82, 2.24) is 0 Å². The topological polar surface area (TPSA) is 43.4 Å². The molecule has 0 atom stereocenters. The minimum atomic E-state index is -0.596. The maximum Gasteiger partial charge on any atom is 0.338 e. The van der Waals surface area contributed by atoms with Gasteiger partial charge in [-0.2, -0.15) is 0 Å². The molecule has 0 fully saturated rings. The molecule has 0 unspecified atom stereocenters. The molecule has 54 valence electrons. The Morgan fingerprint density at radius 3 is 2.30 bits per heavy atom. The third-order valence-electron chi connectivity index (χ3n) is 0.738. The molecule has 0 bridgehead atoms. The molecule has 10 heavy (non-hydrogen) atoms. The number of rotatable bonds is 2. The molecule has 0 aromatic carbocycles. The molecule has 0 aromatic heterocycles. The highest BCUT2D eigenvalue weighted by Gasteiger charge is 2.03. The van der Waals surface area contributed by atoms with Crippen LogP contribution in [0.5, 0.6) is 0 Å². The first-order valence-corrected chi connectivity index (χ1v) is 2.67. The Balaban J connectivity index is 4.06. The van der Waals surface area contributed by atoms with Gasteiger partial charge in [0.05, 0.1) is 0 Å². The molecule has 0 aliphatic rings. The van der Waals surface area contributed by atoms with Crippen molar-refractivity contribution in [2.75, 3.05) is 0 Å². The zero-order valence-corrected chi connectivity index (χ0v) is 5.93. The fourth-order valence-electron chi connectivity index (χ4n) is 0.247. The van der Waals surface area contributed by atoms with Gasteiger partial charge in [-0.25, -0.2) is 9.59 Å². The normalized spacial score (nSPS) is 7.80. The smallest absolute Gasteiger partial charge is 0.338 e. The minimum Gasteiger partial charge on any atom is -0.416 e. The van der Waals surface area contributed by atoms with E-state index in [0.717, 1.165) is 0 Å². The number of carbonyl (C=O) groups is 1. The third-order valence-corrected chi connectivity index (χ3v) is 0.738. The number of ether oxygens (including phenoxy) is 1. The van der Waals surface area contributed by atoms with Crippen LogP contribution in [0.1, 0.15) is 13.8 Å². The van der Waals surface area contributed by atoms with Crippen molar-refractivity contribution < 1.29 is 14.3 Å². The van der Waals surface area contributed by atoms with Crippen molar-refractivity contribution in [3.8, 4) is 0 Å². The highest BCUT2D eigenvalue weighted by molar-refractivity contribution is 5.88. The van der Waals surface area contributed by atoms with Gasteiger partial charge >= 0.3 is 5.97 Å². The molecule has 0 N–H and O–H groups in total. The van der Waals surface area contributed by atoms with Gasteiger partial charge < -0.3 is 4.74 Å². The summed E-state index contributed by atoms with van der Waals surface area (Å²) in [7, 11) is 0. The van der Waals surface area contributed by atoms with Gasteiger partial charge in [0.1, 0.15) is 0 Å². The molecular formula is C7H8O3. The number of carbonyl (C=O) groups excluding carboxylic acids is 2. The molecule has 0 spiro atoms. The molecule has 0 radical (unpaired) electrons. The Kier molecular flexibility index (Phi) is 3.15. The first kappa shape index (κ1) is 8.66. The second-order valence-corrected chi connectivity index (χ2v) is 1.83. The SMILES string of the molecule is C=C(C)C(=O)OC(C)=C=O. The standard InChI is InChI=1S/C7H8O3/c1-5(2)7(9)10-6(3)4-8/h1H2,2-3H3. The van der Waals surface area contributed by atoms with E-state index in [2.05, 4.69) is 11.3 Å². The van der Waals surface area contributed by atoms with Gasteiger partial charge in [0, 0.05) is 12.5 Å². The summed E-state index contributed by atoms with van der Waals surface area (Å²) in [6.07, 6.45) is 0. The summed E-state index contributed by atoms with van der Waals surface area (Å²) >= 11 is 0. The predicted octanol–water partition coefficient (Wildman–Crippen LogP) is 0.841. The molecule has 0 aliphatic heterocycles. The van der Waals surface area contributed by atoms with Crippen molar-refractivity contribution in [3.05, 3.63) is 17.9 Å². The molecular weight excluding hydrogens is 132 g/mol. The van der Waals surface area contributed by atoms with Crippen molar-refractivity contribution >= 4 is 11.9 Å². The zero-order valence-electron chi connectivity index (χ0n) is 5.93. The average Bonchev–Trinajstić information content (AvgIpc) is 1.87. The third kappa shape index (κ3) is 2.84. The maximum atomic E-state index is 10.6. The van der Waals surface area contributed by atoms with E-state index in [9.17, 15) is 9.59 Å². The molecule has 0 heterocycles. The van der Waals surface area contributed by atoms with Gasteiger partial charge in [-0.15, -0.1) is 0 Å². The van der Waals surface area contributed by atoms with E-state index < -0.39 is 5.97 Å². The van der Waals surface area contributed by atoms with Crippen molar-refractivity contribution in [1.29, 1.82) is 0 Å². The summed E-state index contributed by atoms with van der Waals surface area (Å²) in [5.74, 6) is 0.761. The summed E-state index contributed by atoms with van der Waals surface area (Å²) in [4.78, 5) is 20.4. The Hall–Kier alpha value is -1.34. The molecule has 0 saturated carbocycles. The van der Waals surface area contributed by atoms with Gasteiger partial charge in [0.2, 0.25) is 0 Å². The van der Waals surface area contributed by atoms with Crippen LogP contribution in [-0.4, -0.2) is 11.9 Å². The Morgan fingerprint density at radius 1 is 1.50 bits per heavy atom. The number of allylic oxidation sites excluding steroid dienone is 1. The van der Waals surface area contributed by atoms with Gasteiger partial charge in [0.15, 0.2) is 11.7 Å². The van der Waals surface area contributed by atoms with Crippen LogP contribution in [0.15, 0.2) is 17.9 Å². The van der Waals surface area contributed by atoms with Crippen LogP contribution in [0, 0.1) is 0 Å². The van der Waals surface area contributed by atoms with Gasteiger partial charge in [-0.05, 0) is 6.92 Å². The van der Waals surface area contributed by atoms with Gasteiger partial charge in [-0.3, -0.25) is 0 Å². The summed E-state index contributed by atoms with van der Waals surface area (Å²) < 4.78 is 4.42. The predicted molar refractivity (Wildman–Crippen MR) is 35.8 cm³/mol. The van der Waals surface area contributed by atoms with Crippen LogP contribution in [-0.2, 0) is 14.3 Å². The van der Waals surface area contributed by atoms with E-state index in [1.165, 1.54) is 19.8 Å². The van der Waals surface area contributed by atoms with E-state index in [1.54, 1.807) is 0 Å². The number of hydrogen-bond donors (Lipinski definition) is 0. The quantitative estimate of drug-likeness (QED) is 0.247. The van der Waals surface area contributed by atoms with Crippen molar-refractivity contribution in [2.45, 2.75) is 13.8 Å². The van der Waals surface area contributed by atoms with E-state index in [4.69, 9.17) is 0 Å².